The molecule has 3 nitrogen and oxygen atoms in total. The van der Waals surface area contributed by atoms with Crippen LogP contribution in [-0.2, 0) is 4.74 Å². The van der Waals surface area contributed by atoms with Gasteiger partial charge in [-0.2, -0.15) is 0 Å². The average Bonchev–Trinajstić information content (AvgIpc) is 2.32. The molecule has 0 radical (unpaired) electrons. The topological polar surface area (TPSA) is 47.3 Å². The Balaban J connectivity index is 2.61. The van der Waals surface area contributed by atoms with Crippen LogP contribution in [0.15, 0.2) is 0 Å². The standard InChI is InChI=1S/C9H20N2O/c1-7(2)11-9(6-10)4-5-12-8(9)3/h7-8,11H,4-6,10H2,1-3H3. The molecule has 72 valence electrons. The van der Waals surface area contributed by atoms with Gasteiger partial charge in [-0.05, 0) is 13.3 Å². The zero-order valence-corrected chi connectivity index (χ0v) is 8.26. The number of hydrogen-bond acceptors (Lipinski definition) is 3. The van der Waals surface area contributed by atoms with E-state index in [0.717, 1.165) is 13.0 Å². The van der Waals surface area contributed by atoms with Crippen molar-refractivity contribution < 1.29 is 4.74 Å². The Morgan fingerprint density at radius 2 is 2.33 bits per heavy atom. The molecule has 0 aromatic rings. The quantitative estimate of drug-likeness (QED) is 0.651. The predicted molar refractivity (Wildman–Crippen MR) is 50.1 cm³/mol. The molecule has 1 aliphatic rings. The van der Waals surface area contributed by atoms with Gasteiger partial charge in [0.25, 0.3) is 0 Å². The van der Waals surface area contributed by atoms with Crippen LogP contribution in [0.2, 0.25) is 0 Å². The van der Waals surface area contributed by atoms with Crippen LogP contribution < -0.4 is 11.1 Å². The molecule has 0 saturated carbocycles. The van der Waals surface area contributed by atoms with Crippen LogP contribution in [0.4, 0.5) is 0 Å². The van der Waals surface area contributed by atoms with Gasteiger partial charge in [-0.15, -0.1) is 0 Å². The van der Waals surface area contributed by atoms with Gasteiger partial charge in [-0.1, -0.05) is 13.8 Å². The molecule has 0 aromatic carbocycles. The maximum absolute atomic E-state index is 5.76. The third-order valence-electron chi connectivity index (χ3n) is 2.63. The van der Waals surface area contributed by atoms with E-state index in [4.69, 9.17) is 10.5 Å². The number of nitrogens with one attached hydrogen (secondary N) is 1. The lowest BCUT2D eigenvalue weighted by Crippen LogP contribution is -2.58. The van der Waals surface area contributed by atoms with Crippen LogP contribution in [0.25, 0.3) is 0 Å². The summed E-state index contributed by atoms with van der Waals surface area (Å²) in [5.74, 6) is 0. The highest BCUT2D eigenvalue weighted by Crippen LogP contribution is 2.25. The number of ether oxygens (including phenoxy) is 1. The van der Waals surface area contributed by atoms with Crippen molar-refractivity contribution in [1.82, 2.24) is 5.32 Å². The van der Waals surface area contributed by atoms with Gasteiger partial charge < -0.3 is 15.8 Å². The second-order valence-electron chi connectivity index (χ2n) is 3.92. The first kappa shape index (κ1) is 9.96. The minimum atomic E-state index is 0.0220. The van der Waals surface area contributed by atoms with Crippen molar-refractivity contribution in [1.29, 1.82) is 0 Å². The summed E-state index contributed by atoms with van der Waals surface area (Å²) in [6.45, 7) is 7.87. The van der Waals surface area contributed by atoms with Gasteiger partial charge in [-0.3, -0.25) is 0 Å². The molecule has 1 fully saturated rings. The lowest BCUT2D eigenvalue weighted by molar-refractivity contribution is 0.0823. The van der Waals surface area contributed by atoms with Crippen molar-refractivity contribution >= 4 is 0 Å². The highest BCUT2D eigenvalue weighted by atomic mass is 16.5. The second-order valence-corrected chi connectivity index (χ2v) is 3.92. The summed E-state index contributed by atoms with van der Waals surface area (Å²) in [7, 11) is 0. The fraction of sp³-hybridized carbons (Fsp3) is 1.00. The van der Waals surface area contributed by atoms with E-state index in [2.05, 4.69) is 26.1 Å². The number of rotatable bonds is 3. The van der Waals surface area contributed by atoms with Crippen LogP contribution in [0.1, 0.15) is 27.2 Å². The lowest BCUT2D eigenvalue weighted by atomic mass is 9.91. The third kappa shape index (κ3) is 1.79. The smallest absolute Gasteiger partial charge is 0.0741 e. The van der Waals surface area contributed by atoms with E-state index in [1.807, 2.05) is 0 Å². The fourth-order valence-electron chi connectivity index (χ4n) is 1.87. The molecule has 3 N–H and O–H groups in total. The summed E-state index contributed by atoms with van der Waals surface area (Å²) in [6.07, 6.45) is 1.27. The van der Waals surface area contributed by atoms with E-state index in [0.29, 0.717) is 12.6 Å². The van der Waals surface area contributed by atoms with Crippen LogP contribution >= 0.6 is 0 Å². The Labute approximate surface area is 74.7 Å². The van der Waals surface area contributed by atoms with Crippen LogP contribution in [0, 0.1) is 0 Å². The zero-order chi connectivity index (χ0) is 9.19. The Morgan fingerprint density at radius 3 is 2.67 bits per heavy atom. The van der Waals surface area contributed by atoms with Crippen LogP contribution in [0.5, 0.6) is 0 Å². The average molecular weight is 172 g/mol. The van der Waals surface area contributed by atoms with Crippen molar-refractivity contribution in [3.8, 4) is 0 Å². The van der Waals surface area contributed by atoms with E-state index < -0.39 is 0 Å². The van der Waals surface area contributed by atoms with Crippen LogP contribution in [-0.4, -0.2) is 30.8 Å². The molecule has 1 heterocycles. The van der Waals surface area contributed by atoms with Gasteiger partial charge in [0.1, 0.15) is 0 Å². The summed E-state index contributed by atoms with van der Waals surface area (Å²) in [4.78, 5) is 0. The van der Waals surface area contributed by atoms with E-state index >= 15 is 0 Å². The van der Waals surface area contributed by atoms with Crippen LogP contribution in [0.3, 0.4) is 0 Å². The largest absolute Gasteiger partial charge is 0.376 e. The maximum Gasteiger partial charge on any atom is 0.0741 e. The van der Waals surface area contributed by atoms with E-state index in [9.17, 15) is 0 Å². The SMILES string of the molecule is CC(C)NC1(CN)CCOC1C. The van der Waals surface area contributed by atoms with E-state index in [1.54, 1.807) is 0 Å². The molecule has 1 aliphatic heterocycles. The van der Waals surface area contributed by atoms with Crippen molar-refractivity contribution in [2.45, 2.75) is 44.9 Å². The predicted octanol–water partition coefficient (Wildman–Crippen LogP) is 0.491. The summed E-state index contributed by atoms with van der Waals surface area (Å²) >= 11 is 0. The summed E-state index contributed by atoms with van der Waals surface area (Å²) < 4.78 is 5.52. The summed E-state index contributed by atoms with van der Waals surface area (Å²) in [5, 5.41) is 3.50. The van der Waals surface area contributed by atoms with E-state index in [1.165, 1.54) is 0 Å². The molecule has 0 aliphatic carbocycles. The summed E-state index contributed by atoms with van der Waals surface area (Å²) in [5.41, 5.74) is 5.79. The molecular formula is C9H20N2O. The van der Waals surface area contributed by atoms with E-state index in [-0.39, 0.29) is 11.6 Å². The molecule has 2 unspecified atom stereocenters. The summed E-state index contributed by atoms with van der Waals surface area (Å²) in [6, 6.07) is 0.470. The molecule has 0 amide bonds. The monoisotopic (exact) mass is 172 g/mol. The van der Waals surface area contributed by atoms with Gasteiger partial charge >= 0.3 is 0 Å². The zero-order valence-electron chi connectivity index (χ0n) is 8.26. The molecule has 0 spiro atoms. The first-order valence-corrected chi connectivity index (χ1v) is 4.70. The van der Waals surface area contributed by atoms with Crippen molar-refractivity contribution in [3.05, 3.63) is 0 Å². The Bertz CT molecular complexity index is 149. The number of hydrogen-bond donors (Lipinski definition) is 2. The lowest BCUT2D eigenvalue weighted by Gasteiger charge is -2.34. The minimum Gasteiger partial charge on any atom is -0.376 e. The third-order valence-corrected chi connectivity index (χ3v) is 2.63. The van der Waals surface area contributed by atoms with Crippen molar-refractivity contribution in [2.75, 3.05) is 13.2 Å². The molecule has 1 rings (SSSR count). The van der Waals surface area contributed by atoms with Gasteiger partial charge in [-0.25, -0.2) is 0 Å². The van der Waals surface area contributed by atoms with Gasteiger partial charge in [0, 0.05) is 19.2 Å². The first-order chi connectivity index (χ1) is 5.60. The Hall–Kier alpha value is -0.120. The highest BCUT2D eigenvalue weighted by molar-refractivity contribution is 4.99. The van der Waals surface area contributed by atoms with Gasteiger partial charge in [0.05, 0.1) is 11.6 Å². The minimum absolute atomic E-state index is 0.0220. The Kier molecular flexibility index (Phi) is 3.09. The van der Waals surface area contributed by atoms with Gasteiger partial charge in [0.15, 0.2) is 0 Å². The molecular weight excluding hydrogens is 152 g/mol. The molecule has 1 saturated heterocycles. The first-order valence-electron chi connectivity index (χ1n) is 4.70. The van der Waals surface area contributed by atoms with Gasteiger partial charge in [0.2, 0.25) is 0 Å². The fourth-order valence-corrected chi connectivity index (χ4v) is 1.87. The molecule has 12 heavy (non-hydrogen) atoms. The Morgan fingerprint density at radius 1 is 1.67 bits per heavy atom. The highest BCUT2D eigenvalue weighted by Gasteiger charge is 2.40. The molecule has 2 atom stereocenters. The van der Waals surface area contributed by atoms with Crippen molar-refractivity contribution in [2.24, 2.45) is 5.73 Å². The molecule has 3 heteroatoms. The molecule has 0 aromatic heterocycles. The molecule has 0 bridgehead atoms. The second kappa shape index (κ2) is 3.73. The maximum atomic E-state index is 5.76. The van der Waals surface area contributed by atoms with Crippen molar-refractivity contribution in [3.63, 3.8) is 0 Å². The number of nitrogens with two attached hydrogens (primary N) is 1. The normalized spacial score (nSPS) is 36.2.